The molecule has 0 saturated carbocycles. The Labute approximate surface area is 113 Å². The average molecular weight is 267 g/mol. The number of aryl methyl sites for hydroxylation is 2. The fraction of sp³-hybridized carbons (Fsp3) is 0.615. The lowest BCUT2D eigenvalue weighted by atomic mass is 10.2. The molecule has 19 heavy (non-hydrogen) atoms. The maximum atomic E-state index is 11.9. The topological polar surface area (TPSA) is 73.2 Å². The lowest BCUT2D eigenvalue weighted by Gasteiger charge is -2.22. The molecule has 0 saturated heterocycles. The first-order chi connectivity index (χ1) is 8.60. The minimum Gasteiger partial charge on any atom is -0.458 e. The van der Waals surface area contributed by atoms with Crippen LogP contribution in [0.15, 0.2) is 6.07 Å². The molecule has 0 aliphatic carbocycles. The first-order valence-corrected chi connectivity index (χ1v) is 6.14. The van der Waals surface area contributed by atoms with E-state index >= 15 is 0 Å². The fourth-order valence-corrected chi connectivity index (χ4v) is 1.39. The highest BCUT2D eigenvalue weighted by atomic mass is 16.6. The Kier molecular flexibility index (Phi) is 4.34. The fourth-order valence-electron chi connectivity index (χ4n) is 1.39. The second kappa shape index (κ2) is 5.42. The van der Waals surface area contributed by atoms with Crippen LogP contribution in [0, 0.1) is 6.92 Å². The molecule has 0 aliphatic heterocycles. The zero-order valence-electron chi connectivity index (χ0n) is 12.3. The van der Waals surface area contributed by atoms with E-state index in [9.17, 15) is 9.59 Å². The van der Waals surface area contributed by atoms with Crippen LogP contribution in [0.2, 0.25) is 0 Å². The molecule has 1 aromatic heterocycles. The molecule has 1 atom stereocenters. The number of rotatable bonds is 3. The van der Waals surface area contributed by atoms with Crippen molar-refractivity contribution < 1.29 is 14.3 Å². The molecule has 1 rings (SSSR count). The van der Waals surface area contributed by atoms with Crippen molar-refractivity contribution in [1.82, 2.24) is 15.1 Å². The molecule has 6 nitrogen and oxygen atoms in total. The minimum absolute atomic E-state index is 0.287. The number of hydrogen-bond donors (Lipinski definition) is 1. The summed E-state index contributed by atoms with van der Waals surface area (Å²) in [6, 6.07) is 0.950. The van der Waals surface area contributed by atoms with Crippen LogP contribution in [0.5, 0.6) is 0 Å². The van der Waals surface area contributed by atoms with Crippen LogP contribution in [0.25, 0.3) is 0 Å². The molecule has 6 heteroatoms. The summed E-state index contributed by atoms with van der Waals surface area (Å²) in [6.07, 6.45) is 0. The molecule has 0 unspecified atom stereocenters. The van der Waals surface area contributed by atoms with Gasteiger partial charge in [-0.2, -0.15) is 5.10 Å². The first kappa shape index (κ1) is 15.2. The van der Waals surface area contributed by atoms with Crippen LogP contribution >= 0.6 is 0 Å². The largest absolute Gasteiger partial charge is 0.458 e. The Morgan fingerprint density at radius 3 is 2.42 bits per heavy atom. The number of ether oxygens (including phenoxy) is 1. The van der Waals surface area contributed by atoms with Gasteiger partial charge in [0.25, 0.3) is 5.91 Å². The van der Waals surface area contributed by atoms with E-state index in [-0.39, 0.29) is 11.6 Å². The van der Waals surface area contributed by atoms with E-state index in [0.717, 1.165) is 5.69 Å². The SMILES string of the molecule is Cc1cc(C(=O)N[C@@H](C)C(=O)OC(C)(C)C)nn1C. The second-order valence-electron chi connectivity index (χ2n) is 5.52. The molecule has 0 radical (unpaired) electrons. The van der Waals surface area contributed by atoms with Crippen LogP contribution < -0.4 is 5.32 Å². The number of nitrogens with zero attached hydrogens (tertiary/aromatic N) is 2. The third kappa shape index (κ3) is 4.39. The first-order valence-electron chi connectivity index (χ1n) is 6.14. The van der Waals surface area contributed by atoms with Gasteiger partial charge in [0.2, 0.25) is 0 Å². The number of nitrogens with one attached hydrogen (secondary N) is 1. The van der Waals surface area contributed by atoms with E-state index in [0.29, 0.717) is 0 Å². The van der Waals surface area contributed by atoms with Crippen LogP contribution in [-0.4, -0.2) is 33.3 Å². The molecule has 1 aromatic rings. The van der Waals surface area contributed by atoms with Crippen LogP contribution in [0.1, 0.15) is 43.9 Å². The Balaban J connectivity index is 2.64. The molecular formula is C13H21N3O3. The zero-order chi connectivity index (χ0) is 14.8. The van der Waals surface area contributed by atoms with Gasteiger partial charge >= 0.3 is 5.97 Å². The van der Waals surface area contributed by atoms with E-state index in [1.165, 1.54) is 0 Å². The van der Waals surface area contributed by atoms with Crippen molar-refractivity contribution in [2.75, 3.05) is 0 Å². The summed E-state index contributed by atoms with van der Waals surface area (Å²) in [5, 5.41) is 6.62. The number of amides is 1. The number of carbonyl (C=O) groups excluding carboxylic acids is 2. The average Bonchev–Trinajstić information content (AvgIpc) is 2.56. The summed E-state index contributed by atoms with van der Waals surface area (Å²) >= 11 is 0. The monoisotopic (exact) mass is 267 g/mol. The van der Waals surface area contributed by atoms with Gasteiger partial charge in [0.1, 0.15) is 17.3 Å². The third-order valence-corrected chi connectivity index (χ3v) is 2.45. The minimum atomic E-state index is -0.714. The predicted octanol–water partition coefficient (Wildman–Crippen LogP) is 1.19. The predicted molar refractivity (Wildman–Crippen MR) is 70.7 cm³/mol. The highest BCUT2D eigenvalue weighted by molar-refractivity contribution is 5.95. The number of esters is 1. The summed E-state index contributed by atoms with van der Waals surface area (Å²) in [7, 11) is 1.75. The summed E-state index contributed by atoms with van der Waals surface area (Å²) in [5.41, 5.74) is 0.586. The smallest absolute Gasteiger partial charge is 0.328 e. The summed E-state index contributed by atoms with van der Waals surface area (Å²) in [4.78, 5) is 23.6. The van der Waals surface area contributed by atoms with E-state index in [4.69, 9.17) is 4.74 Å². The van der Waals surface area contributed by atoms with Gasteiger partial charge in [0.05, 0.1) is 0 Å². The number of hydrogen-bond acceptors (Lipinski definition) is 4. The summed E-state index contributed by atoms with van der Waals surface area (Å²) in [6.45, 7) is 8.77. The highest BCUT2D eigenvalue weighted by Crippen LogP contribution is 2.09. The van der Waals surface area contributed by atoms with Crippen molar-refractivity contribution in [2.45, 2.75) is 46.3 Å². The normalized spacial score (nSPS) is 12.9. The molecule has 0 spiro atoms. The van der Waals surface area contributed by atoms with Gasteiger partial charge in [-0.3, -0.25) is 9.48 Å². The molecular weight excluding hydrogens is 246 g/mol. The second-order valence-corrected chi connectivity index (χ2v) is 5.52. The maximum Gasteiger partial charge on any atom is 0.328 e. The van der Waals surface area contributed by atoms with Crippen LogP contribution in [0.4, 0.5) is 0 Å². The Morgan fingerprint density at radius 1 is 1.42 bits per heavy atom. The van der Waals surface area contributed by atoms with Crippen LogP contribution in [-0.2, 0) is 16.6 Å². The van der Waals surface area contributed by atoms with Gasteiger partial charge in [-0.1, -0.05) is 0 Å². The van der Waals surface area contributed by atoms with E-state index in [1.807, 2.05) is 6.92 Å². The van der Waals surface area contributed by atoms with Gasteiger partial charge in [0, 0.05) is 12.7 Å². The van der Waals surface area contributed by atoms with Crippen molar-refractivity contribution >= 4 is 11.9 Å². The van der Waals surface area contributed by atoms with Crippen LogP contribution in [0.3, 0.4) is 0 Å². The van der Waals surface area contributed by atoms with Gasteiger partial charge < -0.3 is 10.1 Å². The number of carbonyl (C=O) groups is 2. The van der Waals surface area contributed by atoms with Gasteiger partial charge in [0.15, 0.2) is 0 Å². The highest BCUT2D eigenvalue weighted by Gasteiger charge is 2.24. The third-order valence-electron chi connectivity index (χ3n) is 2.45. The summed E-state index contributed by atoms with van der Waals surface area (Å²) in [5.74, 6) is -0.851. The van der Waals surface area contributed by atoms with Gasteiger partial charge in [-0.25, -0.2) is 4.79 Å². The molecule has 1 N–H and O–H groups in total. The van der Waals surface area contributed by atoms with Gasteiger partial charge in [-0.15, -0.1) is 0 Å². The zero-order valence-corrected chi connectivity index (χ0v) is 12.3. The molecule has 0 aromatic carbocycles. The van der Waals surface area contributed by atoms with Crippen molar-refractivity contribution in [1.29, 1.82) is 0 Å². The molecule has 0 aliphatic rings. The van der Waals surface area contributed by atoms with Crippen molar-refractivity contribution in [2.24, 2.45) is 7.05 Å². The lowest BCUT2D eigenvalue weighted by molar-refractivity contribution is -0.156. The Morgan fingerprint density at radius 2 is 2.00 bits per heavy atom. The van der Waals surface area contributed by atoms with Crippen molar-refractivity contribution in [3.63, 3.8) is 0 Å². The molecule has 1 amide bonds. The standard InChI is InChI=1S/C13H21N3O3/c1-8-7-10(15-16(8)6)11(17)14-9(2)12(18)19-13(3,4)5/h7,9H,1-6H3,(H,14,17)/t9-/m0/s1. The summed E-state index contributed by atoms with van der Waals surface area (Å²) < 4.78 is 6.79. The van der Waals surface area contributed by atoms with E-state index in [2.05, 4.69) is 10.4 Å². The van der Waals surface area contributed by atoms with E-state index < -0.39 is 17.6 Å². The Hall–Kier alpha value is -1.85. The lowest BCUT2D eigenvalue weighted by Crippen LogP contribution is -2.42. The molecule has 106 valence electrons. The maximum absolute atomic E-state index is 11.9. The number of aromatic nitrogens is 2. The van der Waals surface area contributed by atoms with E-state index in [1.54, 1.807) is 45.5 Å². The Bertz CT molecular complexity index is 466. The quantitative estimate of drug-likeness (QED) is 0.835. The molecule has 0 bridgehead atoms. The van der Waals surface area contributed by atoms with Crippen molar-refractivity contribution in [3.05, 3.63) is 17.5 Å². The van der Waals surface area contributed by atoms with Gasteiger partial charge in [-0.05, 0) is 40.7 Å². The molecule has 1 heterocycles. The molecule has 0 fully saturated rings. The van der Waals surface area contributed by atoms with Crippen molar-refractivity contribution in [3.8, 4) is 0 Å².